The first kappa shape index (κ1) is 11.7. The summed E-state index contributed by atoms with van der Waals surface area (Å²) >= 11 is 0. The summed E-state index contributed by atoms with van der Waals surface area (Å²) < 4.78 is 14.7. The third-order valence-electron chi connectivity index (χ3n) is 2.71. The highest BCUT2D eigenvalue weighted by atomic mass is 16.6. The summed E-state index contributed by atoms with van der Waals surface area (Å²) in [6, 6.07) is 0. The summed E-state index contributed by atoms with van der Waals surface area (Å²) in [6.45, 7) is 3.39. The Bertz CT molecular complexity index is 410. The maximum absolute atomic E-state index is 11.3. The van der Waals surface area contributed by atoms with Crippen LogP contribution in [0.2, 0.25) is 0 Å². The molecule has 0 radical (unpaired) electrons. The molecule has 0 aromatic carbocycles. The fourth-order valence-corrected chi connectivity index (χ4v) is 1.88. The van der Waals surface area contributed by atoms with Crippen molar-refractivity contribution < 1.29 is 28.9 Å². The van der Waals surface area contributed by atoms with Crippen molar-refractivity contribution in [3.05, 3.63) is 24.0 Å². The van der Waals surface area contributed by atoms with Crippen LogP contribution < -0.4 is 0 Å². The first-order chi connectivity index (χ1) is 8.02. The van der Waals surface area contributed by atoms with E-state index < -0.39 is 30.3 Å². The van der Waals surface area contributed by atoms with Crippen molar-refractivity contribution >= 4 is 11.9 Å². The maximum Gasteiger partial charge on any atom is 0.373 e. The molecule has 17 heavy (non-hydrogen) atoms. The Balaban J connectivity index is 2.21. The van der Waals surface area contributed by atoms with Gasteiger partial charge in [0.25, 0.3) is 0 Å². The van der Waals surface area contributed by atoms with Gasteiger partial charge in [0.15, 0.2) is 11.9 Å². The molecule has 3 atom stereocenters. The van der Waals surface area contributed by atoms with Crippen LogP contribution in [0.25, 0.3) is 0 Å². The number of carbonyl (C=O) groups is 2. The monoisotopic (exact) mass is 240 g/mol. The second kappa shape index (κ2) is 4.21. The number of carbonyl (C=O) groups excluding carboxylic acids is 2. The predicted octanol–water partition coefficient (Wildman–Crippen LogP) is -0.325. The normalized spacial score (nSPS) is 31.9. The largest absolute Gasteiger partial charge is 0.479 e. The standard InChI is InChI=1S/C11H12O6/c1-5-10(13)17-9-7(12)3-6(11(14)15-2)4-8(9)16-5/h3,7-9,12H,1,4H2,2H3/t7-,8+,9+/m0/s1. The molecule has 1 heterocycles. The first-order valence-electron chi connectivity index (χ1n) is 5.06. The van der Waals surface area contributed by atoms with E-state index in [1.165, 1.54) is 13.2 Å². The van der Waals surface area contributed by atoms with E-state index in [2.05, 4.69) is 11.3 Å². The van der Waals surface area contributed by atoms with Gasteiger partial charge in [-0.25, -0.2) is 9.59 Å². The van der Waals surface area contributed by atoms with Gasteiger partial charge in [0, 0.05) is 12.0 Å². The van der Waals surface area contributed by atoms with Crippen molar-refractivity contribution in [1.29, 1.82) is 0 Å². The maximum atomic E-state index is 11.3. The van der Waals surface area contributed by atoms with Crippen molar-refractivity contribution in [1.82, 2.24) is 0 Å². The summed E-state index contributed by atoms with van der Waals surface area (Å²) in [4.78, 5) is 22.5. The summed E-state index contributed by atoms with van der Waals surface area (Å²) in [5, 5.41) is 9.75. The minimum atomic E-state index is -1.08. The molecule has 0 aromatic heterocycles. The average molecular weight is 240 g/mol. The quantitative estimate of drug-likeness (QED) is 0.499. The van der Waals surface area contributed by atoms with Crippen LogP contribution >= 0.6 is 0 Å². The third kappa shape index (κ3) is 2.03. The molecule has 0 bridgehead atoms. The summed E-state index contributed by atoms with van der Waals surface area (Å²) in [5.41, 5.74) is 0.298. The number of hydrogen-bond donors (Lipinski definition) is 1. The van der Waals surface area contributed by atoms with E-state index in [0.29, 0.717) is 5.57 Å². The van der Waals surface area contributed by atoms with Crippen molar-refractivity contribution in [2.75, 3.05) is 7.11 Å². The van der Waals surface area contributed by atoms with Gasteiger partial charge in [-0.2, -0.15) is 0 Å². The lowest BCUT2D eigenvalue weighted by atomic mass is 9.91. The lowest BCUT2D eigenvalue weighted by Crippen LogP contribution is -2.49. The molecule has 1 saturated heterocycles. The number of fused-ring (bicyclic) bond motifs is 1. The molecule has 1 N–H and O–H groups in total. The number of rotatable bonds is 1. The van der Waals surface area contributed by atoms with E-state index in [1.54, 1.807) is 0 Å². The Morgan fingerprint density at radius 2 is 2.29 bits per heavy atom. The second-order valence-electron chi connectivity index (χ2n) is 3.83. The molecule has 1 fully saturated rings. The predicted molar refractivity (Wildman–Crippen MR) is 54.6 cm³/mol. The third-order valence-corrected chi connectivity index (χ3v) is 2.71. The Labute approximate surface area is 97.5 Å². The molecule has 2 rings (SSSR count). The van der Waals surface area contributed by atoms with E-state index >= 15 is 0 Å². The van der Waals surface area contributed by atoms with Crippen molar-refractivity contribution in [3.8, 4) is 0 Å². The fraction of sp³-hybridized carbons (Fsp3) is 0.455. The molecule has 0 unspecified atom stereocenters. The zero-order valence-electron chi connectivity index (χ0n) is 9.21. The van der Waals surface area contributed by atoms with Crippen LogP contribution in [0.1, 0.15) is 6.42 Å². The van der Waals surface area contributed by atoms with E-state index in [1.807, 2.05) is 0 Å². The van der Waals surface area contributed by atoms with Crippen LogP contribution in [0.5, 0.6) is 0 Å². The lowest BCUT2D eigenvalue weighted by molar-refractivity contribution is -0.180. The molecule has 0 spiro atoms. The SMILES string of the molecule is C=C1O[C@@H]2CC(C(=O)OC)=C[C@H](O)[C@H]2OC1=O. The van der Waals surface area contributed by atoms with Crippen LogP contribution in [0.3, 0.4) is 0 Å². The fourth-order valence-electron chi connectivity index (χ4n) is 1.88. The van der Waals surface area contributed by atoms with Gasteiger partial charge in [-0.05, 0) is 12.7 Å². The van der Waals surface area contributed by atoms with Gasteiger partial charge in [-0.15, -0.1) is 0 Å². The van der Waals surface area contributed by atoms with Crippen LogP contribution in [0.15, 0.2) is 24.0 Å². The number of methoxy groups -OCH3 is 1. The Kier molecular flexibility index (Phi) is 2.89. The highest BCUT2D eigenvalue weighted by molar-refractivity contribution is 5.89. The summed E-state index contributed by atoms with van der Waals surface area (Å²) in [6.07, 6.45) is -0.964. The van der Waals surface area contributed by atoms with Crippen LogP contribution in [0, 0.1) is 0 Å². The van der Waals surface area contributed by atoms with Crippen molar-refractivity contribution in [2.45, 2.75) is 24.7 Å². The minimum Gasteiger partial charge on any atom is -0.479 e. The Morgan fingerprint density at radius 3 is 2.94 bits per heavy atom. The number of aliphatic hydroxyl groups excluding tert-OH is 1. The molecule has 6 nitrogen and oxygen atoms in total. The van der Waals surface area contributed by atoms with Gasteiger partial charge >= 0.3 is 11.9 Å². The van der Waals surface area contributed by atoms with Gasteiger partial charge < -0.3 is 19.3 Å². The van der Waals surface area contributed by atoms with Crippen LogP contribution in [0.4, 0.5) is 0 Å². The molecule has 1 aliphatic carbocycles. The zero-order valence-corrected chi connectivity index (χ0v) is 9.21. The average Bonchev–Trinajstić information content (AvgIpc) is 2.30. The number of ether oxygens (including phenoxy) is 3. The van der Waals surface area contributed by atoms with E-state index in [-0.39, 0.29) is 12.2 Å². The van der Waals surface area contributed by atoms with Gasteiger partial charge in [0.2, 0.25) is 0 Å². The summed E-state index contributed by atoms with van der Waals surface area (Å²) in [5.74, 6) is -1.35. The van der Waals surface area contributed by atoms with Gasteiger partial charge in [0.05, 0.1) is 7.11 Å². The molecule has 92 valence electrons. The molecular formula is C11H12O6. The molecule has 6 heteroatoms. The molecule has 0 aromatic rings. The van der Waals surface area contributed by atoms with Crippen LogP contribution in [-0.4, -0.2) is 42.5 Å². The van der Waals surface area contributed by atoms with Gasteiger partial charge in [-0.3, -0.25) is 0 Å². The first-order valence-corrected chi connectivity index (χ1v) is 5.06. The topological polar surface area (TPSA) is 82.1 Å². The molecule has 1 aliphatic heterocycles. The van der Waals surface area contributed by atoms with Gasteiger partial charge in [0.1, 0.15) is 12.2 Å². The Hall–Kier alpha value is -1.82. The van der Waals surface area contributed by atoms with Gasteiger partial charge in [-0.1, -0.05) is 0 Å². The van der Waals surface area contributed by atoms with Crippen molar-refractivity contribution in [2.24, 2.45) is 0 Å². The highest BCUT2D eigenvalue weighted by Gasteiger charge is 2.43. The van der Waals surface area contributed by atoms with E-state index in [0.717, 1.165) is 0 Å². The molecular weight excluding hydrogens is 228 g/mol. The van der Waals surface area contributed by atoms with Crippen molar-refractivity contribution in [3.63, 3.8) is 0 Å². The zero-order chi connectivity index (χ0) is 12.6. The smallest absolute Gasteiger partial charge is 0.373 e. The van der Waals surface area contributed by atoms with Crippen LogP contribution in [-0.2, 0) is 23.8 Å². The lowest BCUT2D eigenvalue weighted by Gasteiger charge is -2.37. The minimum absolute atomic E-state index is 0.121. The summed E-state index contributed by atoms with van der Waals surface area (Å²) in [7, 11) is 1.25. The number of esters is 2. The molecule has 0 saturated carbocycles. The van der Waals surface area contributed by atoms with E-state index in [9.17, 15) is 14.7 Å². The number of hydrogen-bond acceptors (Lipinski definition) is 6. The molecule has 0 amide bonds. The number of aliphatic hydroxyl groups is 1. The highest BCUT2D eigenvalue weighted by Crippen LogP contribution is 2.30. The van der Waals surface area contributed by atoms with E-state index in [4.69, 9.17) is 9.47 Å². The Morgan fingerprint density at radius 1 is 1.59 bits per heavy atom. The molecule has 2 aliphatic rings. The second-order valence-corrected chi connectivity index (χ2v) is 3.83.